The molecular weight excluding hydrogens is 124 g/mol. The third-order valence-electron chi connectivity index (χ3n) is 0.661. The number of nitrogens with zero attached hydrogens (tertiary/aromatic N) is 1. The molecule has 0 bridgehead atoms. The Morgan fingerprint density at radius 1 is 1.88 bits per heavy atom. The Hall–Kier alpha value is -0.220. The van der Waals surface area contributed by atoms with Gasteiger partial charge in [0.1, 0.15) is 0 Å². The average Bonchev–Trinajstić information content (AvgIpc) is 1.67. The fourth-order valence-corrected chi connectivity index (χ4v) is 0.676. The maximum absolute atomic E-state index is 10.5. The summed E-state index contributed by atoms with van der Waals surface area (Å²) < 4.78 is 0. The second-order valence-corrected chi connectivity index (χ2v) is 2.30. The zero-order valence-electron chi connectivity index (χ0n) is 5.05. The summed E-state index contributed by atoms with van der Waals surface area (Å²) in [4.78, 5) is 10.5. The van der Waals surface area contributed by atoms with Crippen molar-refractivity contribution in [2.75, 3.05) is 19.1 Å². The van der Waals surface area contributed by atoms with Crippen LogP contribution < -0.4 is 5.84 Å². The number of rotatable bonds is 2. The summed E-state index contributed by atoms with van der Waals surface area (Å²) >= 11 is 1.47. The van der Waals surface area contributed by atoms with Crippen LogP contribution in [0.5, 0.6) is 0 Å². The van der Waals surface area contributed by atoms with E-state index in [1.54, 1.807) is 7.05 Å². The van der Waals surface area contributed by atoms with Gasteiger partial charge in [-0.1, -0.05) is 0 Å². The van der Waals surface area contributed by atoms with Crippen LogP contribution in [0, 0.1) is 0 Å². The number of carbonyl (C=O) groups is 1. The van der Waals surface area contributed by atoms with Crippen LogP contribution in [0.4, 0.5) is 0 Å². The molecule has 3 nitrogen and oxygen atoms in total. The van der Waals surface area contributed by atoms with Crippen LogP contribution in [-0.4, -0.2) is 30.0 Å². The number of nitrogens with two attached hydrogens (primary N) is 1. The van der Waals surface area contributed by atoms with Crippen molar-refractivity contribution in [3.63, 3.8) is 0 Å². The summed E-state index contributed by atoms with van der Waals surface area (Å²) in [5, 5.41) is 1.09. The molecule has 0 aromatic heterocycles. The van der Waals surface area contributed by atoms with Gasteiger partial charge in [0, 0.05) is 7.05 Å². The molecule has 0 fully saturated rings. The van der Waals surface area contributed by atoms with E-state index in [1.165, 1.54) is 11.8 Å². The van der Waals surface area contributed by atoms with E-state index in [0.717, 1.165) is 5.01 Å². The first-order valence-electron chi connectivity index (χ1n) is 2.18. The average molecular weight is 134 g/mol. The van der Waals surface area contributed by atoms with Crippen LogP contribution in [0.25, 0.3) is 0 Å². The molecule has 0 heterocycles. The lowest BCUT2D eigenvalue weighted by molar-refractivity contribution is -0.127. The third kappa shape index (κ3) is 2.87. The first kappa shape index (κ1) is 7.78. The third-order valence-corrected chi connectivity index (χ3v) is 1.20. The van der Waals surface area contributed by atoms with Crippen molar-refractivity contribution in [2.45, 2.75) is 0 Å². The van der Waals surface area contributed by atoms with Crippen LogP contribution in [0.15, 0.2) is 0 Å². The molecule has 1 amide bonds. The van der Waals surface area contributed by atoms with Crippen LogP contribution in [0.1, 0.15) is 0 Å². The molecule has 0 saturated heterocycles. The quantitative estimate of drug-likeness (QED) is 0.320. The van der Waals surface area contributed by atoms with Crippen LogP contribution in [0.3, 0.4) is 0 Å². The molecular formula is C4H10N2OS. The Morgan fingerprint density at radius 3 is 2.50 bits per heavy atom. The van der Waals surface area contributed by atoms with Gasteiger partial charge in [-0.2, -0.15) is 11.8 Å². The molecule has 0 spiro atoms. The molecule has 48 valence electrons. The van der Waals surface area contributed by atoms with Crippen LogP contribution >= 0.6 is 11.8 Å². The van der Waals surface area contributed by atoms with Crippen molar-refractivity contribution < 1.29 is 4.79 Å². The first-order valence-corrected chi connectivity index (χ1v) is 3.58. The molecule has 2 N–H and O–H groups in total. The minimum atomic E-state index is -0.0440. The van der Waals surface area contributed by atoms with E-state index in [0.29, 0.717) is 5.75 Å². The minimum Gasteiger partial charge on any atom is -0.283 e. The summed E-state index contributed by atoms with van der Waals surface area (Å²) in [6.07, 6.45) is 1.86. The number of hydrogen-bond acceptors (Lipinski definition) is 3. The van der Waals surface area contributed by atoms with Gasteiger partial charge in [-0.3, -0.25) is 9.80 Å². The predicted octanol–water partition coefficient (Wildman–Crippen LogP) is -0.318. The highest BCUT2D eigenvalue weighted by Crippen LogP contribution is 1.90. The largest absolute Gasteiger partial charge is 0.283 e. The fraction of sp³-hybridized carbons (Fsp3) is 0.750. The molecule has 0 atom stereocenters. The van der Waals surface area contributed by atoms with Crippen molar-refractivity contribution >= 4 is 17.7 Å². The maximum atomic E-state index is 10.5. The molecule has 0 unspecified atom stereocenters. The number of amides is 1. The molecule has 0 aromatic rings. The predicted molar refractivity (Wildman–Crippen MR) is 35.3 cm³/mol. The van der Waals surface area contributed by atoms with Gasteiger partial charge in [-0.05, 0) is 6.26 Å². The van der Waals surface area contributed by atoms with Gasteiger partial charge in [0.25, 0.3) is 0 Å². The van der Waals surface area contributed by atoms with E-state index in [2.05, 4.69) is 0 Å². The van der Waals surface area contributed by atoms with Crippen LogP contribution in [-0.2, 0) is 4.79 Å². The molecule has 8 heavy (non-hydrogen) atoms. The highest BCUT2D eigenvalue weighted by atomic mass is 32.2. The monoisotopic (exact) mass is 134 g/mol. The smallest absolute Gasteiger partial charge is 0.246 e. The lowest BCUT2D eigenvalue weighted by Crippen LogP contribution is -2.34. The Morgan fingerprint density at radius 2 is 2.38 bits per heavy atom. The van der Waals surface area contributed by atoms with E-state index in [-0.39, 0.29) is 5.91 Å². The highest BCUT2D eigenvalue weighted by molar-refractivity contribution is 7.99. The van der Waals surface area contributed by atoms with Crippen LogP contribution in [0.2, 0.25) is 0 Å². The van der Waals surface area contributed by atoms with Crippen molar-refractivity contribution in [2.24, 2.45) is 5.84 Å². The van der Waals surface area contributed by atoms with Gasteiger partial charge in [-0.25, -0.2) is 5.84 Å². The summed E-state index contributed by atoms with van der Waals surface area (Å²) in [7, 11) is 1.54. The second kappa shape index (κ2) is 3.74. The topological polar surface area (TPSA) is 46.3 Å². The summed E-state index contributed by atoms with van der Waals surface area (Å²) in [5.41, 5.74) is 0. The molecule has 0 saturated carbocycles. The number of hydrazine groups is 1. The fourth-order valence-electron chi connectivity index (χ4n) is 0.225. The van der Waals surface area contributed by atoms with Gasteiger partial charge in [-0.15, -0.1) is 0 Å². The molecule has 0 aliphatic heterocycles. The Labute approximate surface area is 53.2 Å². The van der Waals surface area contributed by atoms with E-state index in [1.807, 2.05) is 6.26 Å². The van der Waals surface area contributed by atoms with Crippen molar-refractivity contribution in [1.29, 1.82) is 0 Å². The molecule has 4 heteroatoms. The minimum absolute atomic E-state index is 0.0440. The van der Waals surface area contributed by atoms with E-state index < -0.39 is 0 Å². The van der Waals surface area contributed by atoms with E-state index in [9.17, 15) is 4.79 Å². The van der Waals surface area contributed by atoms with E-state index >= 15 is 0 Å². The summed E-state index contributed by atoms with van der Waals surface area (Å²) in [6.45, 7) is 0. The van der Waals surface area contributed by atoms with Gasteiger partial charge in [0.05, 0.1) is 5.75 Å². The zero-order valence-corrected chi connectivity index (χ0v) is 5.86. The van der Waals surface area contributed by atoms with Gasteiger partial charge in [0.2, 0.25) is 5.91 Å². The summed E-state index contributed by atoms with van der Waals surface area (Å²) in [5.74, 6) is 5.51. The number of thioether (sulfide) groups is 1. The molecule has 0 rings (SSSR count). The summed E-state index contributed by atoms with van der Waals surface area (Å²) in [6, 6.07) is 0. The normalized spacial score (nSPS) is 8.88. The zero-order chi connectivity index (χ0) is 6.57. The van der Waals surface area contributed by atoms with Gasteiger partial charge in [0.15, 0.2) is 0 Å². The number of carbonyl (C=O) groups excluding carboxylic acids is 1. The lowest BCUT2D eigenvalue weighted by atomic mass is 10.7. The van der Waals surface area contributed by atoms with Gasteiger partial charge < -0.3 is 0 Å². The lowest BCUT2D eigenvalue weighted by Gasteiger charge is -2.06. The standard InChI is InChI=1S/C4H10N2OS/c1-6(5)4(7)3-8-2/h3,5H2,1-2H3. The van der Waals surface area contributed by atoms with Gasteiger partial charge >= 0.3 is 0 Å². The Balaban J connectivity index is 3.33. The number of hydrogen-bond donors (Lipinski definition) is 1. The van der Waals surface area contributed by atoms with Crippen molar-refractivity contribution in [1.82, 2.24) is 5.01 Å². The van der Waals surface area contributed by atoms with Crippen molar-refractivity contribution in [3.05, 3.63) is 0 Å². The Kier molecular flexibility index (Phi) is 3.64. The SMILES string of the molecule is CSCC(=O)N(C)N. The first-order chi connectivity index (χ1) is 3.68. The molecule has 0 radical (unpaired) electrons. The molecule has 0 aliphatic carbocycles. The maximum Gasteiger partial charge on any atom is 0.246 e. The molecule has 0 aromatic carbocycles. The van der Waals surface area contributed by atoms with Crippen molar-refractivity contribution in [3.8, 4) is 0 Å². The highest BCUT2D eigenvalue weighted by Gasteiger charge is 1.99. The molecule has 0 aliphatic rings. The Bertz CT molecular complexity index is 84.1. The van der Waals surface area contributed by atoms with E-state index in [4.69, 9.17) is 5.84 Å². The second-order valence-electron chi connectivity index (χ2n) is 1.44.